The van der Waals surface area contributed by atoms with E-state index >= 15 is 0 Å². The smallest absolute Gasteiger partial charge is 0.266 e. The molecule has 26 heavy (non-hydrogen) atoms. The average molecular weight is 342 g/mol. The standard InChI is InChI=1S/C22H15FN2O/c23-17-8-6-7-16(15-17)13-14-21-24-20-12-5-4-11-19(20)22(26)25(21)18-9-2-1-3-10-18/h1-15H/b14-13+. The summed E-state index contributed by atoms with van der Waals surface area (Å²) in [5, 5.41) is 0.555. The highest BCUT2D eigenvalue weighted by atomic mass is 19.1. The molecule has 0 spiro atoms. The molecule has 0 aliphatic rings. The zero-order valence-corrected chi connectivity index (χ0v) is 13.8. The van der Waals surface area contributed by atoms with Gasteiger partial charge in [0.05, 0.1) is 16.6 Å². The topological polar surface area (TPSA) is 34.9 Å². The Balaban J connectivity index is 1.94. The van der Waals surface area contributed by atoms with Crippen LogP contribution in [0.25, 0.3) is 28.7 Å². The van der Waals surface area contributed by atoms with E-state index in [1.165, 1.54) is 12.1 Å². The number of rotatable bonds is 3. The first-order valence-electron chi connectivity index (χ1n) is 8.23. The fourth-order valence-electron chi connectivity index (χ4n) is 2.87. The molecule has 0 amide bonds. The molecule has 0 saturated heterocycles. The molecule has 0 radical (unpaired) electrons. The quantitative estimate of drug-likeness (QED) is 0.541. The maximum absolute atomic E-state index is 13.4. The van der Waals surface area contributed by atoms with Gasteiger partial charge in [0.2, 0.25) is 0 Å². The lowest BCUT2D eigenvalue weighted by atomic mass is 10.2. The lowest BCUT2D eigenvalue weighted by Crippen LogP contribution is -2.22. The van der Waals surface area contributed by atoms with Gasteiger partial charge in [-0.1, -0.05) is 48.5 Å². The zero-order valence-electron chi connectivity index (χ0n) is 13.8. The van der Waals surface area contributed by atoms with Crippen LogP contribution in [0.3, 0.4) is 0 Å². The molecule has 1 aromatic heterocycles. The minimum atomic E-state index is -0.306. The van der Waals surface area contributed by atoms with E-state index < -0.39 is 0 Å². The molecule has 0 atom stereocenters. The molecular weight excluding hydrogens is 327 g/mol. The summed E-state index contributed by atoms with van der Waals surface area (Å²) in [4.78, 5) is 17.7. The van der Waals surface area contributed by atoms with Gasteiger partial charge in [0.15, 0.2) is 0 Å². The average Bonchev–Trinajstić information content (AvgIpc) is 2.67. The van der Waals surface area contributed by atoms with E-state index in [0.29, 0.717) is 22.3 Å². The third kappa shape index (κ3) is 3.05. The normalized spacial score (nSPS) is 11.3. The Hall–Kier alpha value is -3.53. The van der Waals surface area contributed by atoms with Crippen molar-refractivity contribution in [2.45, 2.75) is 0 Å². The van der Waals surface area contributed by atoms with Crippen molar-refractivity contribution in [3.8, 4) is 5.69 Å². The van der Waals surface area contributed by atoms with Gasteiger partial charge < -0.3 is 0 Å². The van der Waals surface area contributed by atoms with E-state index in [-0.39, 0.29) is 11.4 Å². The van der Waals surface area contributed by atoms with Gasteiger partial charge in [-0.15, -0.1) is 0 Å². The van der Waals surface area contributed by atoms with Crippen molar-refractivity contribution >= 4 is 23.1 Å². The van der Waals surface area contributed by atoms with Crippen molar-refractivity contribution in [1.82, 2.24) is 9.55 Å². The van der Waals surface area contributed by atoms with Gasteiger partial charge in [0, 0.05) is 0 Å². The number of nitrogens with zero attached hydrogens (tertiary/aromatic N) is 2. The first-order chi connectivity index (χ1) is 12.7. The van der Waals surface area contributed by atoms with E-state index in [0.717, 1.165) is 5.69 Å². The second-order valence-corrected chi connectivity index (χ2v) is 5.85. The van der Waals surface area contributed by atoms with E-state index in [9.17, 15) is 9.18 Å². The lowest BCUT2D eigenvalue weighted by molar-refractivity contribution is 0.627. The minimum Gasteiger partial charge on any atom is -0.268 e. The second-order valence-electron chi connectivity index (χ2n) is 5.85. The summed E-state index contributed by atoms with van der Waals surface area (Å²) in [7, 11) is 0. The van der Waals surface area contributed by atoms with Crippen LogP contribution in [0.2, 0.25) is 0 Å². The fourth-order valence-corrected chi connectivity index (χ4v) is 2.87. The summed E-state index contributed by atoms with van der Waals surface area (Å²) >= 11 is 0. The predicted octanol–water partition coefficient (Wildman–Crippen LogP) is 4.70. The number of aromatic nitrogens is 2. The van der Waals surface area contributed by atoms with Crippen LogP contribution in [0, 0.1) is 5.82 Å². The van der Waals surface area contributed by atoms with Crippen LogP contribution >= 0.6 is 0 Å². The fraction of sp³-hybridized carbons (Fsp3) is 0. The van der Waals surface area contributed by atoms with Gasteiger partial charge in [0.1, 0.15) is 11.6 Å². The van der Waals surface area contributed by atoms with Crippen molar-refractivity contribution in [1.29, 1.82) is 0 Å². The molecule has 1 heterocycles. The third-order valence-electron chi connectivity index (χ3n) is 4.09. The van der Waals surface area contributed by atoms with Crippen LogP contribution < -0.4 is 5.56 Å². The van der Waals surface area contributed by atoms with Gasteiger partial charge in [0.25, 0.3) is 5.56 Å². The maximum atomic E-state index is 13.4. The summed E-state index contributed by atoms with van der Waals surface area (Å²) in [6.07, 6.45) is 3.48. The van der Waals surface area contributed by atoms with Crippen molar-refractivity contribution in [3.63, 3.8) is 0 Å². The summed E-state index contributed by atoms with van der Waals surface area (Å²) in [5.74, 6) is 0.184. The van der Waals surface area contributed by atoms with E-state index in [1.807, 2.05) is 48.5 Å². The zero-order chi connectivity index (χ0) is 17.9. The first kappa shape index (κ1) is 16.0. The highest BCUT2D eigenvalue weighted by molar-refractivity contribution is 5.80. The van der Waals surface area contributed by atoms with Crippen LogP contribution in [-0.2, 0) is 0 Å². The van der Waals surface area contributed by atoms with E-state index in [1.54, 1.807) is 34.9 Å². The highest BCUT2D eigenvalue weighted by Gasteiger charge is 2.10. The summed E-state index contributed by atoms with van der Waals surface area (Å²) in [5.41, 5.74) is 1.92. The molecular formula is C22H15FN2O. The molecule has 4 rings (SSSR count). The molecule has 0 aliphatic carbocycles. The molecule has 0 aliphatic heterocycles. The van der Waals surface area contributed by atoms with Gasteiger partial charge in [-0.3, -0.25) is 9.36 Å². The Morgan fingerprint density at radius 1 is 0.846 bits per heavy atom. The predicted molar refractivity (Wildman–Crippen MR) is 103 cm³/mol. The molecule has 126 valence electrons. The van der Waals surface area contributed by atoms with Crippen LogP contribution in [0.15, 0.2) is 83.7 Å². The van der Waals surface area contributed by atoms with Crippen molar-refractivity contribution in [2.24, 2.45) is 0 Å². The van der Waals surface area contributed by atoms with E-state index in [4.69, 9.17) is 0 Å². The Morgan fingerprint density at radius 3 is 2.42 bits per heavy atom. The number of hydrogen-bond donors (Lipinski definition) is 0. The van der Waals surface area contributed by atoms with E-state index in [2.05, 4.69) is 4.98 Å². The van der Waals surface area contributed by atoms with Crippen LogP contribution in [0.4, 0.5) is 4.39 Å². The highest BCUT2D eigenvalue weighted by Crippen LogP contribution is 2.15. The van der Waals surface area contributed by atoms with Gasteiger partial charge in [-0.2, -0.15) is 0 Å². The van der Waals surface area contributed by atoms with Crippen molar-refractivity contribution in [2.75, 3.05) is 0 Å². The van der Waals surface area contributed by atoms with Gasteiger partial charge in [-0.05, 0) is 48.0 Å². The molecule has 4 aromatic rings. The van der Waals surface area contributed by atoms with Crippen LogP contribution in [0.1, 0.15) is 11.4 Å². The number of halogens is 1. The van der Waals surface area contributed by atoms with Gasteiger partial charge >= 0.3 is 0 Å². The number of benzene rings is 3. The summed E-state index contributed by atoms with van der Waals surface area (Å²) < 4.78 is 15.0. The van der Waals surface area contributed by atoms with Crippen molar-refractivity contribution < 1.29 is 4.39 Å². The Kier molecular flexibility index (Phi) is 4.15. The summed E-state index contributed by atoms with van der Waals surface area (Å²) in [6, 6.07) is 22.9. The number of hydrogen-bond acceptors (Lipinski definition) is 2. The monoisotopic (exact) mass is 342 g/mol. The number of para-hydroxylation sites is 2. The maximum Gasteiger partial charge on any atom is 0.266 e. The molecule has 0 N–H and O–H groups in total. The minimum absolute atomic E-state index is 0.138. The molecule has 4 heteroatoms. The Bertz CT molecular complexity index is 1160. The SMILES string of the molecule is O=c1c2ccccc2nc(/C=C/c2cccc(F)c2)n1-c1ccccc1. The molecule has 0 bridgehead atoms. The van der Waals surface area contributed by atoms with Crippen LogP contribution in [-0.4, -0.2) is 9.55 Å². The molecule has 0 unspecified atom stereocenters. The van der Waals surface area contributed by atoms with Gasteiger partial charge in [-0.25, -0.2) is 9.37 Å². The molecule has 0 saturated carbocycles. The second kappa shape index (κ2) is 6.76. The molecule has 3 nitrogen and oxygen atoms in total. The van der Waals surface area contributed by atoms with Crippen molar-refractivity contribution in [3.05, 3.63) is 106 Å². The first-order valence-corrected chi connectivity index (χ1v) is 8.23. The summed E-state index contributed by atoms with van der Waals surface area (Å²) in [6.45, 7) is 0. The molecule has 3 aromatic carbocycles. The largest absolute Gasteiger partial charge is 0.268 e. The third-order valence-corrected chi connectivity index (χ3v) is 4.09. The van der Waals surface area contributed by atoms with Crippen LogP contribution in [0.5, 0.6) is 0 Å². The Morgan fingerprint density at radius 2 is 1.62 bits per heavy atom. The molecule has 0 fully saturated rings. The Labute approximate surface area is 149 Å². The number of fused-ring (bicyclic) bond motifs is 1. The lowest BCUT2D eigenvalue weighted by Gasteiger charge is -2.11.